The maximum atomic E-state index is 12.6. The summed E-state index contributed by atoms with van der Waals surface area (Å²) in [4.78, 5) is 27.1. The highest BCUT2D eigenvalue weighted by Crippen LogP contribution is 2.38. The molecule has 2 atom stereocenters. The number of ether oxygens (including phenoxy) is 1. The lowest BCUT2D eigenvalue weighted by atomic mass is 9.76. The molecule has 24 heavy (non-hydrogen) atoms. The van der Waals surface area contributed by atoms with Crippen molar-refractivity contribution >= 4 is 11.9 Å². The molecular weight excluding hydrogens is 302 g/mol. The molecule has 2 unspecified atom stereocenters. The van der Waals surface area contributed by atoms with Crippen molar-refractivity contribution in [3.63, 3.8) is 0 Å². The van der Waals surface area contributed by atoms with Gasteiger partial charge in [0.25, 0.3) is 0 Å². The van der Waals surface area contributed by atoms with Crippen LogP contribution in [-0.2, 0) is 9.53 Å². The van der Waals surface area contributed by atoms with E-state index in [2.05, 4.69) is 19.9 Å². The molecule has 4 heteroatoms. The van der Waals surface area contributed by atoms with Gasteiger partial charge in [-0.15, -0.1) is 0 Å². The van der Waals surface area contributed by atoms with Crippen molar-refractivity contribution in [1.82, 2.24) is 4.90 Å². The highest BCUT2D eigenvalue weighted by molar-refractivity contribution is 5.82. The SMILES string of the molecule is CC(C)=CCCC(=O)C1CC2CCCC(C1)N2C(=O)OC(C)(C)C. The van der Waals surface area contributed by atoms with Gasteiger partial charge in [-0.1, -0.05) is 11.6 Å². The molecule has 0 radical (unpaired) electrons. The number of ketones is 1. The molecule has 0 saturated carbocycles. The van der Waals surface area contributed by atoms with Crippen LogP contribution < -0.4 is 0 Å². The molecule has 2 rings (SSSR count). The van der Waals surface area contributed by atoms with Gasteiger partial charge in [-0.05, 0) is 73.1 Å². The Labute approximate surface area is 146 Å². The van der Waals surface area contributed by atoms with E-state index < -0.39 is 5.60 Å². The first-order valence-electron chi connectivity index (χ1n) is 9.35. The maximum absolute atomic E-state index is 12.6. The van der Waals surface area contributed by atoms with E-state index in [0.717, 1.165) is 38.5 Å². The number of carbonyl (C=O) groups excluding carboxylic acids is 2. The van der Waals surface area contributed by atoms with Gasteiger partial charge in [0.2, 0.25) is 0 Å². The standard InChI is InChI=1S/C20H33NO3/c1-14(2)8-6-11-18(22)15-12-16-9-7-10-17(13-15)21(16)19(23)24-20(3,4)5/h8,15-17H,6-7,9-13H2,1-5H3. The molecule has 136 valence electrons. The molecule has 0 spiro atoms. The molecule has 2 saturated heterocycles. The molecule has 2 fully saturated rings. The zero-order chi connectivity index (χ0) is 17.9. The number of carbonyl (C=O) groups is 2. The molecule has 0 aliphatic carbocycles. The summed E-state index contributed by atoms with van der Waals surface area (Å²) in [6.07, 6.45) is 8.15. The van der Waals surface area contributed by atoms with E-state index in [1.54, 1.807) is 0 Å². The Morgan fingerprint density at radius 3 is 2.21 bits per heavy atom. The van der Waals surface area contributed by atoms with E-state index in [-0.39, 0.29) is 24.1 Å². The second-order valence-corrected chi connectivity index (χ2v) is 8.58. The van der Waals surface area contributed by atoms with Crippen LogP contribution in [0.2, 0.25) is 0 Å². The van der Waals surface area contributed by atoms with E-state index in [4.69, 9.17) is 4.74 Å². The average Bonchev–Trinajstić information content (AvgIpc) is 2.43. The molecule has 0 N–H and O–H groups in total. The predicted octanol–water partition coefficient (Wildman–Crippen LogP) is 4.87. The minimum atomic E-state index is -0.470. The minimum Gasteiger partial charge on any atom is -0.444 e. The number of hydrogen-bond donors (Lipinski definition) is 0. The first-order valence-corrected chi connectivity index (χ1v) is 9.35. The molecule has 1 amide bonds. The van der Waals surface area contributed by atoms with E-state index in [9.17, 15) is 9.59 Å². The van der Waals surface area contributed by atoms with Crippen molar-refractivity contribution in [3.05, 3.63) is 11.6 Å². The monoisotopic (exact) mass is 335 g/mol. The van der Waals surface area contributed by atoms with Crippen LogP contribution >= 0.6 is 0 Å². The molecule has 2 aliphatic rings. The summed E-state index contributed by atoms with van der Waals surface area (Å²) in [5.74, 6) is 0.484. The summed E-state index contributed by atoms with van der Waals surface area (Å²) in [6.45, 7) is 9.84. The number of amides is 1. The van der Waals surface area contributed by atoms with Gasteiger partial charge in [0, 0.05) is 24.4 Å². The maximum Gasteiger partial charge on any atom is 0.410 e. The van der Waals surface area contributed by atoms with Crippen LogP contribution in [0.5, 0.6) is 0 Å². The highest BCUT2D eigenvalue weighted by atomic mass is 16.6. The lowest BCUT2D eigenvalue weighted by molar-refractivity contribution is -0.127. The van der Waals surface area contributed by atoms with Gasteiger partial charge in [0.05, 0.1) is 0 Å². The van der Waals surface area contributed by atoms with Crippen molar-refractivity contribution in [3.8, 4) is 0 Å². The Hall–Kier alpha value is -1.32. The normalized spacial score (nSPS) is 26.7. The van der Waals surface area contributed by atoms with E-state index in [0.29, 0.717) is 12.2 Å². The number of nitrogens with zero attached hydrogens (tertiary/aromatic N) is 1. The molecule has 2 heterocycles. The van der Waals surface area contributed by atoms with Crippen molar-refractivity contribution < 1.29 is 14.3 Å². The summed E-state index contributed by atoms with van der Waals surface area (Å²) in [5, 5.41) is 0. The van der Waals surface area contributed by atoms with Gasteiger partial charge in [-0.25, -0.2) is 4.79 Å². The fourth-order valence-electron chi connectivity index (χ4n) is 3.96. The van der Waals surface area contributed by atoms with Crippen molar-refractivity contribution in [2.75, 3.05) is 0 Å². The molecule has 0 aromatic heterocycles. The van der Waals surface area contributed by atoms with E-state index in [1.165, 1.54) is 5.57 Å². The Balaban J connectivity index is 1.98. The Morgan fingerprint density at radius 2 is 1.71 bits per heavy atom. The van der Waals surface area contributed by atoms with Crippen LogP contribution in [0.1, 0.15) is 79.6 Å². The van der Waals surface area contributed by atoms with Gasteiger partial charge in [0.15, 0.2) is 0 Å². The molecule has 0 aromatic rings. The quantitative estimate of drug-likeness (QED) is 0.689. The van der Waals surface area contributed by atoms with Gasteiger partial charge in [-0.2, -0.15) is 0 Å². The lowest BCUT2D eigenvalue weighted by Crippen LogP contribution is -2.56. The summed E-state index contributed by atoms with van der Waals surface area (Å²) < 4.78 is 5.59. The third-order valence-corrected chi connectivity index (χ3v) is 4.98. The third-order valence-electron chi connectivity index (χ3n) is 4.98. The number of fused-ring (bicyclic) bond motifs is 2. The summed E-state index contributed by atoms with van der Waals surface area (Å²) >= 11 is 0. The second kappa shape index (κ2) is 7.71. The molecule has 2 bridgehead atoms. The van der Waals surface area contributed by atoms with Crippen LogP contribution in [0.15, 0.2) is 11.6 Å². The zero-order valence-corrected chi connectivity index (χ0v) is 15.9. The van der Waals surface area contributed by atoms with Crippen LogP contribution in [0.3, 0.4) is 0 Å². The largest absolute Gasteiger partial charge is 0.444 e. The van der Waals surface area contributed by atoms with Crippen LogP contribution in [-0.4, -0.2) is 34.5 Å². The van der Waals surface area contributed by atoms with Crippen LogP contribution in [0.4, 0.5) is 4.79 Å². The molecule has 4 nitrogen and oxygen atoms in total. The van der Waals surface area contributed by atoms with E-state index in [1.807, 2.05) is 25.7 Å². The summed E-state index contributed by atoms with van der Waals surface area (Å²) in [7, 11) is 0. The van der Waals surface area contributed by atoms with Crippen molar-refractivity contribution in [2.45, 2.75) is 97.2 Å². The number of piperidine rings is 2. The zero-order valence-electron chi connectivity index (χ0n) is 15.9. The fourth-order valence-corrected chi connectivity index (χ4v) is 3.96. The lowest BCUT2D eigenvalue weighted by Gasteiger charge is -2.48. The second-order valence-electron chi connectivity index (χ2n) is 8.58. The summed E-state index contributed by atoms with van der Waals surface area (Å²) in [5.41, 5.74) is 0.794. The minimum absolute atomic E-state index is 0.115. The van der Waals surface area contributed by atoms with Gasteiger partial charge in [-0.3, -0.25) is 4.79 Å². The van der Waals surface area contributed by atoms with Gasteiger partial charge in [0.1, 0.15) is 11.4 Å². The Kier molecular flexibility index (Phi) is 6.11. The highest BCUT2D eigenvalue weighted by Gasteiger charge is 2.43. The van der Waals surface area contributed by atoms with Gasteiger partial charge < -0.3 is 9.64 Å². The van der Waals surface area contributed by atoms with Gasteiger partial charge >= 0.3 is 6.09 Å². The average molecular weight is 335 g/mol. The number of hydrogen-bond acceptors (Lipinski definition) is 3. The molecule has 0 aromatic carbocycles. The number of rotatable bonds is 4. The topological polar surface area (TPSA) is 46.6 Å². The smallest absolute Gasteiger partial charge is 0.410 e. The summed E-state index contributed by atoms with van der Waals surface area (Å²) in [6, 6.07) is 0.342. The number of allylic oxidation sites excluding steroid dienone is 2. The molecular formula is C20H33NO3. The van der Waals surface area contributed by atoms with Crippen molar-refractivity contribution in [1.29, 1.82) is 0 Å². The Morgan fingerprint density at radius 1 is 1.12 bits per heavy atom. The third kappa shape index (κ3) is 5.09. The first kappa shape index (κ1) is 19.0. The predicted molar refractivity (Wildman–Crippen MR) is 95.9 cm³/mol. The van der Waals surface area contributed by atoms with Crippen LogP contribution in [0.25, 0.3) is 0 Å². The van der Waals surface area contributed by atoms with Crippen molar-refractivity contribution in [2.24, 2.45) is 5.92 Å². The molecule has 2 aliphatic heterocycles. The van der Waals surface area contributed by atoms with E-state index >= 15 is 0 Å². The first-order chi connectivity index (χ1) is 11.2. The Bertz CT molecular complexity index is 486. The number of Topliss-reactive ketones (excluding diaryl/α,β-unsaturated/α-hetero) is 1. The van der Waals surface area contributed by atoms with Crippen LogP contribution in [0, 0.1) is 5.92 Å². The fraction of sp³-hybridized carbons (Fsp3) is 0.800.